The number of carbonyl (C=O) groups excluding carboxylic acids is 1. The first-order valence-electron chi connectivity index (χ1n) is 9.76. The fourth-order valence-corrected chi connectivity index (χ4v) is 4.95. The molecule has 4 rings (SSSR count). The van der Waals surface area contributed by atoms with E-state index in [-0.39, 0.29) is 37.6 Å². The molecule has 33 heavy (non-hydrogen) atoms. The van der Waals surface area contributed by atoms with Crippen molar-refractivity contribution in [1.82, 2.24) is 9.21 Å². The summed E-state index contributed by atoms with van der Waals surface area (Å²) >= 11 is 0. The minimum absolute atomic E-state index is 0.0239. The van der Waals surface area contributed by atoms with E-state index in [0.717, 1.165) is 16.4 Å². The maximum atomic E-state index is 14.0. The van der Waals surface area contributed by atoms with Gasteiger partial charge in [0.15, 0.2) is 5.76 Å². The summed E-state index contributed by atoms with van der Waals surface area (Å²) in [6.07, 6.45) is 0. The molecule has 2 heterocycles. The van der Waals surface area contributed by atoms with E-state index in [1.807, 2.05) is 0 Å². The molecule has 3 aromatic rings. The summed E-state index contributed by atoms with van der Waals surface area (Å²) in [6, 6.07) is 10.9. The van der Waals surface area contributed by atoms with Crippen molar-refractivity contribution < 1.29 is 31.3 Å². The van der Waals surface area contributed by atoms with Gasteiger partial charge in [0, 0.05) is 43.9 Å². The Labute approximate surface area is 187 Å². The van der Waals surface area contributed by atoms with E-state index in [9.17, 15) is 32.1 Å². The number of rotatable bonds is 5. The number of amides is 1. The first-order chi connectivity index (χ1) is 15.7. The maximum Gasteiger partial charge on any atom is 0.289 e. The molecule has 1 amide bonds. The van der Waals surface area contributed by atoms with Crippen LogP contribution in [-0.2, 0) is 10.0 Å². The standard InChI is InChI=1S/C21H17F2N3O6S/c22-15-3-6-17(23)20(13-15)33(30,31)25-11-9-24(10-12-25)21(27)19-8-7-18(32-19)14-1-4-16(5-2-14)26(28)29/h1-8,13H,9-12H2. The molecular weight excluding hydrogens is 460 g/mol. The summed E-state index contributed by atoms with van der Waals surface area (Å²) in [6.45, 7) is -0.134. The van der Waals surface area contributed by atoms with E-state index < -0.39 is 37.4 Å². The van der Waals surface area contributed by atoms with Crippen LogP contribution in [0.4, 0.5) is 14.5 Å². The van der Waals surface area contributed by atoms with Gasteiger partial charge in [-0.3, -0.25) is 14.9 Å². The maximum absolute atomic E-state index is 14.0. The third-order valence-electron chi connectivity index (χ3n) is 5.22. The third kappa shape index (κ3) is 4.47. The number of benzene rings is 2. The highest BCUT2D eigenvalue weighted by Crippen LogP contribution is 2.26. The Bertz CT molecular complexity index is 1320. The number of carbonyl (C=O) groups is 1. The van der Waals surface area contributed by atoms with Gasteiger partial charge in [0.1, 0.15) is 22.3 Å². The van der Waals surface area contributed by atoms with E-state index in [1.54, 1.807) is 6.07 Å². The summed E-state index contributed by atoms with van der Waals surface area (Å²) in [5.41, 5.74) is 0.472. The number of nitro benzene ring substituents is 1. The molecule has 12 heteroatoms. The third-order valence-corrected chi connectivity index (χ3v) is 7.13. The molecule has 1 saturated heterocycles. The molecule has 1 aliphatic rings. The van der Waals surface area contributed by atoms with Crippen LogP contribution in [0.3, 0.4) is 0 Å². The van der Waals surface area contributed by atoms with E-state index in [1.165, 1.54) is 35.2 Å². The summed E-state index contributed by atoms with van der Waals surface area (Å²) in [4.78, 5) is 23.7. The predicted molar refractivity (Wildman–Crippen MR) is 112 cm³/mol. The molecule has 1 fully saturated rings. The van der Waals surface area contributed by atoms with Crippen molar-refractivity contribution >= 4 is 21.6 Å². The van der Waals surface area contributed by atoms with E-state index in [2.05, 4.69) is 0 Å². The molecule has 9 nitrogen and oxygen atoms in total. The molecule has 0 radical (unpaired) electrons. The Morgan fingerprint density at radius 3 is 2.27 bits per heavy atom. The van der Waals surface area contributed by atoms with Gasteiger partial charge in [-0.2, -0.15) is 4.31 Å². The topological polar surface area (TPSA) is 114 Å². The van der Waals surface area contributed by atoms with Crippen LogP contribution in [0.1, 0.15) is 10.6 Å². The van der Waals surface area contributed by atoms with Gasteiger partial charge in [0.05, 0.1) is 4.92 Å². The van der Waals surface area contributed by atoms with Gasteiger partial charge in [0.2, 0.25) is 10.0 Å². The predicted octanol–water partition coefficient (Wildman–Crippen LogP) is 3.28. The Morgan fingerprint density at radius 1 is 0.970 bits per heavy atom. The average Bonchev–Trinajstić information content (AvgIpc) is 3.30. The molecule has 2 aromatic carbocycles. The molecule has 0 N–H and O–H groups in total. The van der Waals surface area contributed by atoms with Gasteiger partial charge in [0.25, 0.3) is 11.6 Å². The number of non-ortho nitro benzene ring substituents is 1. The van der Waals surface area contributed by atoms with Crippen LogP contribution >= 0.6 is 0 Å². The Hall–Kier alpha value is -3.64. The number of furan rings is 1. The molecular formula is C21H17F2N3O6S. The van der Waals surface area contributed by atoms with Crippen LogP contribution < -0.4 is 0 Å². The van der Waals surface area contributed by atoms with Crippen LogP contribution in [0, 0.1) is 21.7 Å². The van der Waals surface area contributed by atoms with Crippen molar-refractivity contribution in [2.45, 2.75) is 4.90 Å². The van der Waals surface area contributed by atoms with Crippen molar-refractivity contribution in [3.63, 3.8) is 0 Å². The van der Waals surface area contributed by atoms with Crippen molar-refractivity contribution in [1.29, 1.82) is 0 Å². The lowest BCUT2D eigenvalue weighted by atomic mass is 10.1. The largest absolute Gasteiger partial charge is 0.451 e. The van der Waals surface area contributed by atoms with Crippen molar-refractivity contribution in [2.24, 2.45) is 0 Å². The highest BCUT2D eigenvalue weighted by molar-refractivity contribution is 7.89. The number of hydrogen-bond acceptors (Lipinski definition) is 6. The van der Waals surface area contributed by atoms with Crippen molar-refractivity contribution in [3.8, 4) is 11.3 Å². The first kappa shape index (κ1) is 22.6. The molecule has 172 valence electrons. The average molecular weight is 477 g/mol. The van der Waals surface area contributed by atoms with Crippen molar-refractivity contribution in [2.75, 3.05) is 26.2 Å². The van der Waals surface area contributed by atoms with Crippen LogP contribution in [0.2, 0.25) is 0 Å². The van der Waals surface area contributed by atoms with Gasteiger partial charge < -0.3 is 9.32 Å². The molecule has 0 bridgehead atoms. The fourth-order valence-electron chi connectivity index (χ4n) is 3.46. The number of halogens is 2. The van der Waals surface area contributed by atoms with Crippen LogP contribution in [-0.4, -0.2) is 54.6 Å². The molecule has 0 spiro atoms. The zero-order chi connectivity index (χ0) is 23.8. The number of nitrogens with zero attached hydrogens (tertiary/aromatic N) is 3. The van der Waals surface area contributed by atoms with Crippen LogP contribution in [0.25, 0.3) is 11.3 Å². The molecule has 0 saturated carbocycles. The van der Waals surface area contributed by atoms with Crippen LogP contribution in [0.5, 0.6) is 0 Å². The monoisotopic (exact) mass is 477 g/mol. The Balaban J connectivity index is 1.44. The van der Waals surface area contributed by atoms with Gasteiger partial charge in [-0.15, -0.1) is 0 Å². The molecule has 1 aliphatic heterocycles. The van der Waals surface area contributed by atoms with Crippen molar-refractivity contribution in [3.05, 3.63) is 82.1 Å². The highest BCUT2D eigenvalue weighted by atomic mass is 32.2. The second-order valence-electron chi connectivity index (χ2n) is 7.24. The highest BCUT2D eigenvalue weighted by Gasteiger charge is 2.33. The number of hydrogen-bond donors (Lipinski definition) is 0. The smallest absolute Gasteiger partial charge is 0.289 e. The Kier molecular flexibility index (Phi) is 5.95. The first-order valence-corrected chi connectivity index (χ1v) is 11.2. The fraction of sp³-hybridized carbons (Fsp3) is 0.190. The molecule has 0 atom stereocenters. The zero-order valence-electron chi connectivity index (χ0n) is 17.0. The lowest BCUT2D eigenvalue weighted by Crippen LogP contribution is -2.50. The van der Waals surface area contributed by atoms with E-state index in [4.69, 9.17) is 4.42 Å². The van der Waals surface area contributed by atoms with Gasteiger partial charge in [-0.25, -0.2) is 17.2 Å². The SMILES string of the molecule is O=C(c1ccc(-c2ccc([N+](=O)[O-])cc2)o1)N1CCN(S(=O)(=O)c2cc(F)ccc2F)CC1. The molecule has 0 unspecified atom stereocenters. The normalized spacial score (nSPS) is 14.9. The minimum Gasteiger partial charge on any atom is -0.451 e. The summed E-state index contributed by atoms with van der Waals surface area (Å²) < 4.78 is 59.4. The zero-order valence-corrected chi connectivity index (χ0v) is 17.8. The quantitative estimate of drug-likeness (QED) is 0.412. The Morgan fingerprint density at radius 2 is 1.64 bits per heavy atom. The van der Waals surface area contributed by atoms with E-state index in [0.29, 0.717) is 17.4 Å². The van der Waals surface area contributed by atoms with Gasteiger partial charge in [-0.05, 0) is 42.5 Å². The minimum atomic E-state index is -4.26. The second-order valence-corrected chi connectivity index (χ2v) is 9.15. The molecule has 1 aromatic heterocycles. The van der Waals surface area contributed by atoms with E-state index >= 15 is 0 Å². The summed E-state index contributed by atoms with van der Waals surface area (Å²) in [7, 11) is -4.26. The number of sulfonamides is 1. The lowest BCUT2D eigenvalue weighted by molar-refractivity contribution is -0.384. The number of piperazine rings is 1. The lowest BCUT2D eigenvalue weighted by Gasteiger charge is -2.33. The summed E-state index contributed by atoms with van der Waals surface area (Å²) in [5.74, 6) is -2.02. The number of nitro groups is 1. The second kappa shape index (κ2) is 8.71. The van der Waals surface area contributed by atoms with Crippen LogP contribution in [0.15, 0.2) is 63.9 Å². The van der Waals surface area contributed by atoms with Gasteiger partial charge in [-0.1, -0.05) is 0 Å². The molecule has 0 aliphatic carbocycles. The van der Waals surface area contributed by atoms with Gasteiger partial charge >= 0.3 is 0 Å². The summed E-state index contributed by atoms with van der Waals surface area (Å²) in [5, 5.41) is 10.8.